The Kier molecular flexibility index (Phi) is 3.72. The van der Waals surface area contributed by atoms with Crippen LogP contribution >= 0.6 is 0 Å². The van der Waals surface area contributed by atoms with E-state index in [9.17, 15) is 32.8 Å². The van der Waals surface area contributed by atoms with E-state index in [1.165, 1.54) is 0 Å². The summed E-state index contributed by atoms with van der Waals surface area (Å²) >= 11 is 0.0651. The van der Waals surface area contributed by atoms with Crippen LogP contribution in [0.3, 0.4) is 0 Å². The van der Waals surface area contributed by atoms with Crippen LogP contribution in [0.2, 0.25) is 0 Å². The van der Waals surface area contributed by atoms with Crippen LogP contribution in [0.15, 0.2) is 4.90 Å². The molecule has 0 radical (unpaired) electrons. The first-order valence-corrected chi connectivity index (χ1v) is 8.14. The molecule has 7 nitrogen and oxygen atoms in total. The van der Waals surface area contributed by atoms with Gasteiger partial charge in [-0.3, -0.25) is 0 Å². The Morgan fingerprint density at radius 2 is 1.70 bits per heavy atom. The summed E-state index contributed by atoms with van der Waals surface area (Å²) in [5.74, 6) is -3.22. The molecule has 0 aromatic heterocycles. The summed E-state index contributed by atoms with van der Waals surface area (Å²) in [6, 6.07) is 0. The summed E-state index contributed by atoms with van der Waals surface area (Å²) in [5.41, 5.74) is -0.438. The Morgan fingerprint density at radius 1 is 1.20 bits per heavy atom. The number of carbonyl (C=O) groups is 2. The quantitative estimate of drug-likeness (QED) is 0.520. The van der Waals surface area contributed by atoms with E-state index in [2.05, 4.69) is 0 Å². The van der Waals surface area contributed by atoms with E-state index in [-0.39, 0.29) is 59.4 Å². The molecule has 3 N–H and O–H groups in total. The molecule has 9 heteroatoms. The molecule has 0 fully saturated rings. The van der Waals surface area contributed by atoms with Crippen molar-refractivity contribution in [2.24, 2.45) is 0 Å². The summed E-state index contributed by atoms with van der Waals surface area (Å²) in [5, 5.41) is 18.5. The van der Waals surface area contributed by atoms with E-state index in [1.54, 1.807) is 6.92 Å². The molecule has 0 saturated carbocycles. The molecule has 0 amide bonds. The number of hydrogen-bond donors (Lipinski definition) is 3. The van der Waals surface area contributed by atoms with Crippen molar-refractivity contribution >= 4 is 52.8 Å². The van der Waals surface area contributed by atoms with Gasteiger partial charge in [0.15, 0.2) is 0 Å². The average Bonchev–Trinajstić information content (AvgIpc) is 2.48. The number of hydrogen-bond acceptors (Lipinski definition) is 4. The van der Waals surface area contributed by atoms with E-state index in [1.807, 2.05) is 0 Å². The Labute approximate surface area is 131 Å². The van der Waals surface area contributed by atoms with Gasteiger partial charge in [0.05, 0.1) is 0 Å². The van der Waals surface area contributed by atoms with Gasteiger partial charge < -0.3 is 0 Å². The van der Waals surface area contributed by atoms with Crippen LogP contribution in [0.5, 0.6) is 0 Å². The molecule has 1 aromatic rings. The summed E-state index contributed by atoms with van der Waals surface area (Å²) < 4.78 is 32.4. The maximum absolute atomic E-state index is 11.5. The van der Waals surface area contributed by atoms with Crippen molar-refractivity contribution in [3.8, 4) is 0 Å². The van der Waals surface area contributed by atoms with Crippen molar-refractivity contribution in [3.63, 3.8) is 0 Å². The number of carboxylic acids is 2. The summed E-state index contributed by atoms with van der Waals surface area (Å²) in [4.78, 5) is 22.1. The second-order valence-corrected chi connectivity index (χ2v) is 7.15. The molecule has 0 saturated heterocycles. The third-order valence-corrected chi connectivity index (χ3v) is 5.93. The Balaban J connectivity index is 3.07. The standard InChI is InChI=1S/C11H9O7S.Na/c1-4-2-5-6(10(12)13)3-7(19(16,17)18)8(4)9(5)11(14)15;/h4H,2H2,1H3,(H,12,13)(H,14,15)(H,16,17,18);. The minimum absolute atomic E-state index is 0.0133. The van der Waals surface area contributed by atoms with E-state index >= 15 is 0 Å². The number of benzene rings is 1. The fraction of sp³-hybridized carbons (Fsp3) is 0.273. The average molecular weight is 308 g/mol. The molecule has 0 aliphatic heterocycles. The Morgan fingerprint density at radius 3 is 2.10 bits per heavy atom. The van der Waals surface area contributed by atoms with Gasteiger partial charge in [-0.15, -0.1) is 0 Å². The van der Waals surface area contributed by atoms with Gasteiger partial charge in [0, 0.05) is 0 Å². The third kappa shape index (κ3) is 2.17. The van der Waals surface area contributed by atoms with Gasteiger partial charge in [-0.05, 0) is 0 Å². The number of rotatable bonds is 3. The van der Waals surface area contributed by atoms with Crippen molar-refractivity contribution in [2.45, 2.75) is 24.2 Å². The normalized spacial score (nSPS) is 17.3. The van der Waals surface area contributed by atoms with Crippen molar-refractivity contribution in [2.75, 3.05) is 0 Å². The molecule has 2 rings (SSSR count). The molecular formula is C11H9NaO7S. The summed E-state index contributed by atoms with van der Waals surface area (Å²) in [6.45, 7) is 1.61. The number of carboxylic acid groups (broad SMARTS) is 2. The predicted octanol–water partition coefficient (Wildman–Crippen LogP) is -0.217. The zero-order valence-electron chi connectivity index (χ0n) is 10.7. The molecule has 20 heavy (non-hydrogen) atoms. The summed E-state index contributed by atoms with van der Waals surface area (Å²) in [6.07, 6.45) is 0.142. The molecular weight excluding hydrogens is 299 g/mol. The van der Waals surface area contributed by atoms with Crippen LogP contribution in [0, 0.1) is 0 Å². The van der Waals surface area contributed by atoms with E-state index < -0.39 is 32.9 Å². The molecule has 2 bridgehead atoms. The van der Waals surface area contributed by atoms with Gasteiger partial charge in [0.2, 0.25) is 0 Å². The van der Waals surface area contributed by atoms with E-state index in [0.717, 1.165) is 0 Å². The Bertz CT molecular complexity index is 751. The van der Waals surface area contributed by atoms with Crippen LogP contribution in [-0.4, -0.2) is 63.1 Å². The van der Waals surface area contributed by atoms with E-state index in [0.29, 0.717) is 0 Å². The van der Waals surface area contributed by atoms with Crippen LogP contribution < -0.4 is 2.81 Å². The summed E-state index contributed by atoms with van der Waals surface area (Å²) in [7, 11) is -4.68. The molecule has 1 atom stereocenters. The van der Waals surface area contributed by atoms with Gasteiger partial charge in [0.1, 0.15) is 0 Å². The minimum atomic E-state index is -4.68. The first-order valence-electron chi connectivity index (χ1n) is 5.70. The van der Waals surface area contributed by atoms with Gasteiger partial charge in [-0.25, -0.2) is 0 Å². The fourth-order valence-electron chi connectivity index (χ4n) is 2.89. The van der Waals surface area contributed by atoms with Gasteiger partial charge >= 0.3 is 132 Å². The van der Waals surface area contributed by atoms with Crippen LogP contribution in [0.25, 0.3) is 0 Å². The molecule has 102 valence electrons. The maximum atomic E-state index is 11.5. The topological polar surface area (TPSA) is 129 Å². The zero-order valence-corrected chi connectivity index (χ0v) is 13.5. The van der Waals surface area contributed by atoms with Gasteiger partial charge in [-0.1, -0.05) is 0 Å². The van der Waals surface area contributed by atoms with Crippen molar-refractivity contribution < 1.29 is 32.8 Å². The van der Waals surface area contributed by atoms with Crippen molar-refractivity contribution in [3.05, 3.63) is 22.3 Å². The fourth-order valence-corrected chi connectivity index (χ4v) is 5.52. The van der Waals surface area contributed by atoms with Crippen LogP contribution in [0.1, 0.15) is 44.7 Å². The Hall–Kier alpha value is -0.930. The molecule has 1 aliphatic rings. The second-order valence-electron chi connectivity index (χ2n) is 4.79. The number of fused-ring (bicyclic) bond motifs is 2. The predicted molar refractivity (Wildman–Crippen MR) is 67.7 cm³/mol. The van der Waals surface area contributed by atoms with Gasteiger partial charge in [0.25, 0.3) is 0 Å². The van der Waals surface area contributed by atoms with Crippen molar-refractivity contribution in [1.82, 2.24) is 0 Å². The van der Waals surface area contributed by atoms with E-state index in [4.69, 9.17) is 0 Å². The zero-order chi connectivity index (χ0) is 15.4. The van der Waals surface area contributed by atoms with Crippen molar-refractivity contribution in [1.29, 1.82) is 0 Å². The monoisotopic (exact) mass is 308 g/mol. The van der Waals surface area contributed by atoms with Crippen LogP contribution in [-0.2, 0) is 16.5 Å². The second kappa shape index (κ2) is 4.81. The first-order chi connectivity index (χ1) is 9.07. The third-order valence-electron chi connectivity index (χ3n) is 3.52. The first kappa shape index (κ1) is 15.5. The molecule has 1 aliphatic carbocycles. The molecule has 1 aromatic carbocycles. The van der Waals surface area contributed by atoms with Crippen LogP contribution in [0.4, 0.5) is 0 Å². The molecule has 1 unspecified atom stereocenters. The van der Waals surface area contributed by atoms with Gasteiger partial charge in [-0.2, -0.15) is 0 Å². The number of aromatic carboxylic acids is 2. The molecule has 0 spiro atoms. The molecule has 0 heterocycles. The SMILES string of the molecule is CC1Cc2c(C(=O)O)[c]([Na])c(S(=O)(=O)O)c1c2C(=O)O.